The van der Waals surface area contributed by atoms with Gasteiger partial charge in [-0.05, 0) is 37.6 Å². The second kappa shape index (κ2) is 10.4. The second-order valence-electron chi connectivity index (χ2n) is 5.75. The van der Waals surface area contributed by atoms with Crippen LogP contribution in [0.25, 0.3) is 0 Å². The van der Waals surface area contributed by atoms with Crippen molar-refractivity contribution in [2.45, 2.75) is 19.9 Å². The van der Waals surface area contributed by atoms with Gasteiger partial charge in [0.05, 0.1) is 20.8 Å². The third kappa shape index (κ3) is 5.84. The molecule has 0 aromatic heterocycles. The molecule has 0 aliphatic carbocycles. The van der Waals surface area contributed by atoms with Gasteiger partial charge < -0.3 is 20.1 Å². The molecule has 146 valence electrons. The first-order valence-corrected chi connectivity index (χ1v) is 8.75. The molecule has 2 N–H and O–H groups in total. The summed E-state index contributed by atoms with van der Waals surface area (Å²) in [7, 11) is 3.19. The molecule has 7 heteroatoms. The molecule has 2 aromatic rings. The first-order chi connectivity index (χ1) is 13.1. The lowest BCUT2D eigenvalue weighted by Crippen LogP contribution is -2.38. The van der Waals surface area contributed by atoms with E-state index in [9.17, 15) is 8.78 Å². The predicted molar refractivity (Wildman–Crippen MR) is 102 cm³/mol. The molecule has 2 aromatic carbocycles. The minimum Gasteiger partial charge on any atom is -0.497 e. The second-order valence-corrected chi connectivity index (χ2v) is 5.75. The molecule has 0 radical (unpaired) electrons. The van der Waals surface area contributed by atoms with Crippen molar-refractivity contribution in [3.63, 3.8) is 0 Å². The summed E-state index contributed by atoms with van der Waals surface area (Å²) in [6, 6.07) is 9.40. The summed E-state index contributed by atoms with van der Waals surface area (Å²) in [5.74, 6) is 0.870. The van der Waals surface area contributed by atoms with E-state index < -0.39 is 11.6 Å². The van der Waals surface area contributed by atoms with Gasteiger partial charge in [-0.25, -0.2) is 13.8 Å². The number of aliphatic imine (C=N–C) groups is 1. The molecule has 0 unspecified atom stereocenters. The van der Waals surface area contributed by atoms with E-state index in [1.165, 1.54) is 18.2 Å². The van der Waals surface area contributed by atoms with E-state index in [1.807, 2.05) is 19.1 Å². The molecule has 0 aliphatic heterocycles. The maximum atomic E-state index is 13.7. The lowest BCUT2D eigenvalue weighted by Gasteiger charge is -2.13. The Hall–Kier alpha value is -2.83. The average molecular weight is 377 g/mol. The van der Waals surface area contributed by atoms with Crippen LogP contribution in [0.4, 0.5) is 8.78 Å². The van der Waals surface area contributed by atoms with Crippen molar-refractivity contribution in [1.29, 1.82) is 0 Å². The average Bonchev–Trinajstić information content (AvgIpc) is 2.68. The smallest absolute Gasteiger partial charge is 0.191 e. The van der Waals surface area contributed by atoms with Crippen molar-refractivity contribution < 1.29 is 18.3 Å². The molecule has 0 saturated heterocycles. The molecule has 27 heavy (non-hydrogen) atoms. The number of guanidine groups is 1. The molecule has 0 amide bonds. The maximum absolute atomic E-state index is 13.7. The summed E-state index contributed by atoms with van der Waals surface area (Å²) in [4.78, 5) is 4.51. The number of rotatable bonds is 8. The zero-order valence-electron chi connectivity index (χ0n) is 15.8. The Morgan fingerprint density at radius 1 is 1.04 bits per heavy atom. The van der Waals surface area contributed by atoms with Crippen molar-refractivity contribution in [1.82, 2.24) is 10.6 Å². The number of nitrogens with zero attached hydrogens (tertiary/aromatic N) is 1. The van der Waals surface area contributed by atoms with Gasteiger partial charge in [-0.15, -0.1) is 0 Å². The number of hydrogen-bond donors (Lipinski definition) is 2. The first-order valence-electron chi connectivity index (χ1n) is 8.75. The lowest BCUT2D eigenvalue weighted by molar-refractivity contribution is 0.391. The van der Waals surface area contributed by atoms with Gasteiger partial charge in [0.2, 0.25) is 0 Å². The van der Waals surface area contributed by atoms with Crippen LogP contribution in [0, 0.1) is 11.6 Å². The van der Waals surface area contributed by atoms with Crippen LogP contribution in [0.2, 0.25) is 0 Å². The van der Waals surface area contributed by atoms with Gasteiger partial charge in [0.15, 0.2) is 5.96 Å². The molecular weight excluding hydrogens is 352 g/mol. The zero-order chi connectivity index (χ0) is 19.6. The molecule has 0 aliphatic rings. The fourth-order valence-electron chi connectivity index (χ4n) is 2.57. The predicted octanol–water partition coefficient (Wildman–Crippen LogP) is 3.28. The monoisotopic (exact) mass is 377 g/mol. The van der Waals surface area contributed by atoms with Gasteiger partial charge in [0.25, 0.3) is 0 Å². The van der Waals surface area contributed by atoms with E-state index in [1.54, 1.807) is 20.3 Å². The SMILES string of the molecule is CCNC(=NCc1ccc(OC)cc1OC)NCCc1c(F)cccc1F. The summed E-state index contributed by atoms with van der Waals surface area (Å²) < 4.78 is 38.0. The van der Waals surface area contributed by atoms with E-state index >= 15 is 0 Å². The molecule has 5 nitrogen and oxygen atoms in total. The van der Waals surface area contributed by atoms with Crippen molar-refractivity contribution in [2.75, 3.05) is 27.3 Å². The van der Waals surface area contributed by atoms with Gasteiger partial charge in [0, 0.05) is 30.3 Å². The summed E-state index contributed by atoms with van der Waals surface area (Å²) in [5, 5.41) is 6.21. The van der Waals surface area contributed by atoms with Crippen LogP contribution in [0.5, 0.6) is 11.5 Å². The molecule has 0 spiro atoms. The number of nitrogens with one attached hydrogen (secondary N) is 2. The fourth-order valence-corrected chi connectivity index (χ4v) is 2.57. The Morgan fingerprint density at radius 3 is 2.41 bits per heavy atom. The standard InChI is InChI=1S/C20H25F2N3O2/c1-4-23-20(24-11-10-16-17(21)6-5-7-18(16)22)25-13-14-8-9-15(26-2)12-19(14)27-3/h5-9,12H,4,10-11,13H2,1-3H3,(H2,23,24,25). The third-order valence-electron chi connectivity index (χ3n) is 3.98. The minimum absolute atomic E-state index is 0.0673. The summed E-state index contributed by atoms with van der Waals surface area (Å²) in [5.41, 5.74) is 0.966. The highest BCUT2D eigenvalue weighted by Crippen LogP contribution is 2.25. The van der Waals surface area contributed by atoms with Crippen LogP contribution in [-0.2, 0) is 13.0 Å². The van der Waals surface area contributed by atoms with E-state index in [0.29, 0.717) is 37.1 Å². The van der Waals surface area contributed by atoms with Crippen LogP contribution >= 0.6 is 0 Å². The maximum Gasteiger partial charge on any atom is 0.191 e. The molecule has 0 fully saturated rings. The summed E-state index contributed by atoms with van der Waals surface area (Å²) in [6.45, 7) is 3.35. The first kappa shape index (κ1) is 20.5. The third-order valence-corrected chi connectivity index (χ3v) is 3.98. The Labute approximate surface area is 158 Å². The largest absolute Gasteiger partial charge is 0.497 e. The topological polar surface area (TPSA) is 54.9 Å². The quantitative estimate of drug-likeness (QED) is 0.548. The van der Waals surface area contributed by atoms with Crippen molar-refractivity contribution in [2.24, 2.45) is 4.99 Å². The van der Waals surface area contributed by atoms with Crippen LogP contribution in [0.1, 0.15) is 18.1 Å². The van der Waals surface area contributed by atoms with Crippen LogP contribution < -0.4 is 20.1 Å². The highest BCUT2D eigenvalue weighted by Gasteiger charge is 2.09. The number of hydrogen-bond acceptors (Lipinski definition) is 3. The molecule has 0 heterocycles. The van der Waals surface area contributed by atoms with Crippen molar-refractivity contribution in [3.05, 3.63) is 59.2 Å². The normalized spacial score (nSPS) is 11.2. The fraction of sp³-hybridized carbons (Fsp3) is 0.350. The molecule has 2 rings (SSSR count). The Balaban J connectivity index is 2.02. The molecule has 0 saturated carbocycles. The van der Waals surface area contributed by atoms with Crippen LogP contribution in [-0.4, -0.2) is 33.3 Å². The number of methoxy groups -OCH3 is 2. The Kier molecular flexibility index (Phi) is 7.85. The van der Waals surface area contributed by atoms with Gasteiger partial charge in [-0.3, -0.25) is 0 Å². The van der Waals surface area contributed by atoms with Crippen LogP contribution in [0.15, 0.2) is 41.4 Å². The zero-order valence-corrected chi connectivity index (χ0v) is 15.8. The summed E-state index contributed by atoms with van der Waals surface area (Å²) in [6.07, 6.45) is 0.217. The van der Waals surface area contributed by atoms with E-state index in [2.05, 4.69) is 15.6 Å². The molecule has 0 atom stereocenters. The van der Waals surface area contributed by atoms with Gasteiger partial charge in [-0.1, -0.05) is 6.07 Å². The van der Waals surface area contributed by atoms with Crippen LogP contribution in [0.3, 0.4) is 0 Å². The van der Waals surface area contributed by atoms with Gasteiger partial charge in [0.1, 0.15) is 23.1 Å². The lowest BCUT2D eigenvalue weighted by atomic mass is 10.1. The number of benzene rings is 2. The minimum atomic E-state index is -0.540. The summed E-state index contributed by atoms with van der Waals surface area (Å²) >= 11 is 0. The van der Waals surface area contributed by atoms with Crippen molar-refractivity contribution in [3.8, 4) is 11.5 Å². The molecule has 0 bridgehead atoms. The Bertz CT molecular complexity index is 762. The van der Waals surface area contributed by atoms with E-state index in [-0.39, 0.29) is 12.0 Å². The highest BCUT2D eigenvalue weighted by atomic mass is 19.1. The van der Waals surface area contributed by atoms with Crippen molar-refractivity contribution >= 4 is 5.96 Å². The highest BCUT2D eigenvalue weighted by molar-refractivity contribution is 5.79. The number of ether oxygens (including phenoxy) is 2. The Morgan fingerprint density at radius 2 is 1.78 bits per heavy atom. The molecular formula is C20H25F2N3O2. The van der Waals surface area contributed by atoms with E-state index in [0.717, 1.165) is 5.56 Å². The van der Waals surface area contributed by atoms with Gasteiger partial charge in [-0.2, -0.15) is 0 Å². The van der Waals surface area contributed by atoms with E-state index in [4.69, 9.17) is 9.47 Å². The van der Waals surface area contributed by atoms with Gasteiger partial charge >= 0.3 is 0 Å². The number of halogens is 2.